The molecule has 0 radical (unpaired) electrons. The van der Waals surface area contributed by atoms with E-state index in [0.29, 0.717) is 12.2 Å². The number of aliphatic hydroxyl groups is 1. The van der Waals surface area contributed by atoms with Gasteiger partial charge in [-0.25, -0.2) is 0 Å². The number of rotatable bonds is 4. The fraction of sp³-hybridized carbons (Fsp3) is 0.769. The predicted octanol–water partition coefficient (Wildman–Crippen LogP) is 0.558. The number of anilines is 1. The maximum Gasteiger partial charge on any atom is 0.0862 e. The van der Waals surface area contributed by atoms with Gasteiger partial charge in [-0.15, -0.1) is 0 Å². The van der Waals surface area contributed by atoms with Crippen molar-refractivity contribution in [2.45, 2.75) is 31.9 Å². The van der Waals surface area contributed by atoms with Gasteiger partial charge in [0, 0.05) is 25.8 Å². The van der Waals surface area contributed by atoms with Gasteiger partial charge in [-0.05, 0) is 24.7 Å². The smallest absolute Gasteiger partial charge is 0.0862 e. The molecule has 0 bridgehead atoms. The molecular weight excluding hydrogens is 228 g/mol. The molecule has 5 heteroatoms. The van der Waals surface area contributed by atoms with Crippen molar-refractivity contribution >= 4 is 5.69 Å². The number of fused-ring (bicyclic) bond motifs is 1. The second-order valence-corrected chi connectivity index (χ2v) is 5.82. The van der Waals surface area contributed by atoms with Gasteiger partial charge < -0.3 is 15.7 Å². The third-order valence-corrected chi connectivity index (χ3v) is 4.32. The first-order valence-electron chi connectivity index (χ1n) is 6.89. The lowest BCUT2D eigenvalue weighted by molar-refractivity contribution is 0.102. The highest BCUT2D eigenvalue weighted by atomic mass is 16.3. The van der Waals surface area contributed by atoms with E-state index < -0.39 is 0 Å². The van der Waals surface area contributed by atoms with Crippen LogP contribution in [-0.2, 0) is 6.54 Å². The third-order valence-electron chi connectivity index (χ3n) is 4.32. The number of likely N-dealkylation sites (tertiary alicyclic amines) is 1. The normalized spacial score (nSPS) is 29.6. The van der Waals surface area contributed by atoms with Crippen LogP contribution in [0.2, 0.25) is 0 Å². The molecule has 0 amide bonds. The fourth-order valence-electron chi connectivity index (χ4n) is 3.53. The molecule has 100 valence electrons. The maximum absolute atomic E-state index is 10.1. The van der Waals surface area contributed by atoms with Crippen molar-refractivity contribution in [3.8, 4) is 0 Å². The van der Waals surface area contributed by atoms with Crippen molar-refractivity contribution in [1.29, 1.82) is 0 Å². The Kier molecular flexibility index (Phi) is 3.26. The summed E-state index contributed by atoms with van der Waals surface area (Å²) in [5.74, 6) is 1.77. The molecule has 2 fully saturated rings. The maximum atomic E-state index is 10.1. The number of hydrogen-bond acceptors (Lipinski definition) is 4. The van der Waals surface area contributed by atoms with Crippen molar-refractivity contribution < 1.29 is 5.11 Å². The second kappa shape index (κ2) is 4.90. The molecule has 5 nitrogen and oxygen atoms in total. The Hall–Kier alpha value is -1.07. The first-order valence-corrected chi connectivity index (χ1v) is 6.89. The molecule has 3 rings (SSSR count). The van der Waals surface area contributed by atoms with E-state index in [1.807, 2.05) is 0 Å². The van der Waals surface area contributed by atoms with E-state index in [0.717, 1.165) is 18.4 Å². The van der Waals surface area contributed by atoms with Gasteiger partial charge in [0.05, 0.1) is 24.5 Å². The molecule has 1 aromatic rings. The summed E-state index contributed by atoms with van der Waals surface area (Å²) in [6.45, 7) is 3.63. The summed E-state index contributed by atoms with van der Waals surface area (Å²) >= 11 is 0. The van der Waals surface area contributed by atoms with E-state index in [2.05, 4.69) is 10.00 Å². The third kappa shape index (κ3) is 2.52. The van der Waals surface area contributed by atoms with E-state index in [1.54, 1.807) is 17.1 Å². The molecule has 1 saturated carbocycles. The molecule has 1 aromatic heterocycles. The van der Waals surface area contributed by atoms with Crippen LogP contribution in [-0.4, -0.2) is 45.5 Å². The van der Waals surface area contributed by atoms with Crippen LogP contribution in [0.1, 0.15) is 19.3 Å². The van der Waals surface area contributed by atoms with E-state index in [4.69, 9.17) is 5.73 Å². The number of nitrogens with zero attached hydrogens (tertiary/aromatic N) is 3. The lowest BCUT2D eigenvalue weighted by Gasteiger charge is -2.20. The average molecular weight is 250 g/mol. The van der Waals surface area contributed by atoms with Gasteiger partial charge in [-0.1, -0.05) is 6.42 Å². The Morgan fingerprint density at radius 3 is 2.67 bits per heavy atom. The van der Waals surface area contributed by atoms with Gasteiger partial charge in [0.1, 0.15) is 0 Å². The summed E-state index contributed by atoms with van der Waals surface area (Å²) in [4.78, 5) is 2.41. The summed E-state index contributed by atoms with van der Waals surface area (Å²) in [7, 11) is 0. The number of hydrogen-bond donors (Lipinski definition) is 2. The lowest BCUT2D eigenvalue weighted by atomic mass is 10.0. The number of nitrogens with two attached hydrogens (primary N) is 1. The van der Waals surface area contributed by atoms with Crippen LogP contribution < -0.4 is 5.73 Å². The monoisotopic (exact) mass is 250 g/mol. The van der Waals surface area contributed by atoms with Crippen molar-refractivity contribution in [1.82, 2.24) is 14.7 Å². The highest BCUT2D eigenvalue weighted by Gasteiger charge is 2.36. The molecule has 0 spiro atoms. The molecule has 3 atom stereocenters. The Bertz CT molecular complexity index is 393. The van der Waals surface area contributed by atoms with Crippen LogP contribution in [0.25, 0.3) is 0 Å². The topological polar surface area (TPSA) is 67.3 Å². The van der Waals surface area contributed by atoms with Gasteiger partial charge in [0.15, 0.2) is 0 Å². The minimum absolute atomic E-state index is 0.358. The molecule has 0 aromatic carbocycles. The molecule has 3 N–H and O–H groups in total. The number of nitrogen functional groups attached to an aromatic ring is 1. The summed E-state index contributed by atoms with van der Waals surface area (Å²) in [5, 5.41) is 14.2. The fourth-order valence-corrected chi connectivity index (χ4v) is 3.53. The van der Waals surface area contributed by atoms with Gasteiger partial charge >= 0.3 is 0 Å². The van der Waals surface area contributed by atoms with E-state index >= 15 is 0 Å². The summed E-state index contributed by atoms with van der Waals surface area (Å²) < 4.78 is 1.72. The average Bonchev–Trinajstić information content (AvgIpc) is 2.94. The van der Waals surface area contributed by atoms with Gasteiger partial charge in [-0.2, -0.15) is 5.10 Å². The largest absolute Gasteiger partial charge is 0.396 e. The summed E-state index contributed by atoms with van der Waals surface area (Å²) in [5.41, 5.74) is 6.26. The minimum atomic E-state index is -0.358. The lowest BCUT2D eigenvalue weighted by Crippen LogP contribution is -2.34. The molecule has 2 aliphatic rings. The first kappa shape index (κ1) is 12.0. The zero-order valence-electron chi connectivity index (χ0n) is 10.7. The Balaban J connectivity index is 1.48. The van der Waals surface area contributed by atoms with Crippen molar-refractivity contribution in [2.24, 2.45) is 11.8 Å². The summed E-state index contributed by atoms with van der Waals surface area (Å²) in [6.07, 6.45) is 7.19. The second-order valence-electron chi connectivity index (χ2n) is 5.82. The number of aliphatic hydroxyl groups excluding tert-OH is 1. The SMILES string of the molecule is Nc1cnn(CC(O)CN2CC3CCCC3C2)c1. The molecule has 3 unspecified atom stereocenters. The molecule has 1 aliphatic carbocycles. The van der Waals surface area contributed by atoms with Crippen molar-refractivity contribution in [3.63, 3.8) is 0 Å². The number of β-amino-alcohol motifs (C(OH)–C–C–N with tert-alkyl or cyclic N) is 1. The van der Waals surface area contributed by atoms with Crippen LogP contribution in [0.5, 0.6) is 0 Å². The Morgan fingerprint density at radius 2 is 2.06 bits per heavy atom. The quantitative estimate of drug-likeness (QED) is 0.819. The zero-order chi connectivity index (χ0) is 12.5. The number of aromatic nitrogens is 2. The zero-order valence-corrected chi connectivity index (χ0v) is 10.7. The summed E-state index contributed by atoms with van der Waals surface area (Å²) in [6, 6.07) is 0. The van der Waals surface area contributed by atoms with E-state index in [1.165, 1.54) is 32.4 Å². The van der Waals surface area contributed by atoms with Crippen LogP contribution >= 0.6 is 0 Å². The molecule has 2 heterocycles. The van der Waals surface area contributed by atoms with Crippen LogP contribution in [0.3, 0.4) is 0 Å². The predicted molar refractivity (Wildman–Crippen MR) is 69.9 cm³/mol. The van der Waals surface area contributed by atoms with Crippen molar-refractivity contribution in [2.75, 3.05) is 25.4 Å². The van der Waals surface area contributed by atoms with Crippen LogP contribution in [0.4, 0.5) is 5.69 Å². The van der Waals surface area contributed by atoms with Gasteiger partial charge in [0.2, 0.25) is 0 Å². The van der Waals surface area contributed by atoms with Gasteiger partial charge in [-0.3, -0.25) is 4.68 Å². The van der Waals surface area contributed by atoms with Crippen LogP contribution in [0, 0.1) is 11.8 Å². The highest BCUT2D eigenvalue weighted by Crippen LogP contribution is 2.37. The van der Waals surface area contributed by atoms with E-state index in [-0.39, 0.29) is 6.10 Å². The molecule has 1 saturated heterocycles. The molecule has 18 heavy (non-hydrogen) atoms. The minimum Gasteiger partial charge on any atom is -0.396 e. The van der Waals surface area contributed by atoms with Gasteiger partial charge in [0.25, 0.3) is 0 Å². The Morgan fingerprint density at radius 1 is 1.33 bits per heavy atom. The van der Waals surface area contributed by atoms with Crippen LogP contribution in [0.15, 0.2) is 12.4 Å². The molecule has 1 aliphatic heterocycles. The van der Waals surface area contributed by atoms with Crippen molar-refractivity contribution in [3.05, 3.63) is 12.4 Å². The Labute approximate surface area is 108 Å². The first-order chi connectivity index (χ1) is 8.70. The standard InChI is InChI=1S/C13H22N4O/c14-12-4-15-17(7-12)9-13(18)8-16-5-10-2-1-3-11(10)6-16/h4,7,10-11,13,18H,1-3,5-6,8-9,14H2. The molecular formula is C13H22N4O. The highest BCUT2D eigenvalue weighted by molar-refractivity contribution is 5.30. The van der Waals surface area contributed by atoms with E-state index in [9.17, 15) is 5.11 Å².